The number of primary sulfonamides is 1. The Bertz CT molecular complexity index is 738. The fourth-order valence-electron chi connectivity index (χ4n) is 2.33. The molecule has 1 saturated carbocycles. The average molecular weight is 323 g/mol. The van der Waals surface area contributed by atoms with E-state index in [0.29, 0.717) is 11.7 Å². The molecule has 0 aliphatic heterocycles. The number of nitrogens with two attached hydrogens (primary N) is 2. The van der Waals surface area contributed by atoms with Gasteiger partial charge >= 0.3 is 0 Å². The van der Waals surface area contributed by atoms with E-state index in [9.17, 15) is 8.42 Å². The van der Waals surface area contributed by atoms with Gasteiger partial charge in [0.1, 0.15) is 0 Å². The van der Waals surface area contributed by atoms with Crippen LogP contribution in [0.25, 0.3) is 0 Å². The molecule has 1 aliphatic carbocycles. The quantitative estimate of drug-likeness (QED) is 0.825. The summed E-state index contributed by atoms with van der Waals surface area (Å²) in [5.74, 6) is 0. The fourth-order valence-corrected chi connectivity index (χ4v) is 3.52. The van der Waals surface area contributed by atoms with Crippen molar-refractivity contribution in [1.29, 1.82) is 0 Å². The molecule has 21 heavy (non-hydrogen) atoms. The van der Waals surface area contributed by atoms with Gasteiger partial charge < -0.3 is 10.6 Å². The number of benzene rings is 1. The molecule has 0 amide bonds. The molecule has 1 aliphatic rings. The summed E-state index contributed by atoms with van der Waals surface area (Å²) in [5.41, 5.74) is 8.57. The van der Waals surface area contributed by atoms with E-state index < -0.39 is 10.0 Å². The number of hydrogen-bond donors (Lipinski definition) is 2. The van der Waals surface area contributed by atoms with Crippen LogP contribution in [0.4, 0.5) is 11.4 Å². The molecule has 0 bridgehead atoms. The van der Waals surface area contributed by atoms with Crippen molar-refractivity contribution < 1.29 is 8.42 Å². The van der Waals surface area contributed by atoms with Gasteiger partial charge in [-0.15, -0.1) is 0 Å². The van der Waals surface area contributed by atoms with Gasteiger partial charge in [0.25, 0.3) is 0 Å². The molecular formula is C14H17N3O2S2. The first-order valence-corrected chi connectivity index (χ1v) is 9.14. The third kappa shape index (κ3) is 3.20. The summed E-state index contributed by atoms with van der Waals surface area (Å²) >= 11 is 1.65. The monoisotopic (exact) mass is 323 g/mol. The zero-order valence-corrected chi connectivity index (χ0v) is 13.0. The summed E-state index contributed by atoms with van der Waals surface area (Å²) in [4.78, 5) is 2.27. The molecule has 2 aromatic rings. The molecule has 7 heteroatoms. The van der Waals surface area contributed by atoms with Gasteiger partial charge in [-0.25, -0.2) is 13.6 Å². The van der Waals surface area contributed by atoms with Gasteiger partial charge in [0.2, 0.25) is 10.0 Å². The summed E-state index contributed by atoms with van der Waals surface area (Å²) in [5, 5.41) is 9.34. The Morgan fingerprint density at radius 3 is 2.62 bits per heavy atom. The number of sulfonamides is 1. The molecule has 3 rings (SSSR count). The molecule has 5 nitrogen and oxygen atoms in total. The molecule has 112 valence electrons. The standard InChI is InChI=1S/C14H17N3O2S2/c15-13-4-3-12(21(16,18)19)7-14(13)17(11-1-2-11)8-10-5-6-20-9-10/h3-7,9,11H,1-2,8,15H2,(H2,16,18,19). The van der Waals surface area contributed by atoms with Crippen LogP contribution in [0.2, 0.25) is 0 Å². The van der Waals surface area contributed by atoms with E-state index in [1.807, 2.05) is 5.38 Å². The molecule has 1 aromatic carbocycles. The summed E-state index contributed by atoms with van der Waals surface area (Å²) in [7, 11) is -3.72. The summed E-state index contributed by atoms with van der Waals surface area (Å²) in [6.45, 7) is 0.729. The highest BCUT2D eigenvalue weighted by molar-refractivity contribution is 7.89. The third-order valence-electron chi connectivity index (χ3n) is 3.56. The predicted molar refractivity (Wildman–Crippen MR) is 85.8 cm³/mol. The summed E-state index contributed by atoms with van der Waals surface area (Å²) < 4.78 is 23.1. The van der Waals surface area contributed by atoms with Crippen LogP contribution in [-0.4, -0.2) is 14.5 Å². The molecule has 1 aromatic heterocycles. The van der Waals surface area contributed by atoms with Crippen LogP contribution in [0.15, 0.2) is 39.9 Å². The molecule has 4 N–H and O–H groups in total. The first-order valence-electron chi connectivity index (χ1n) is 6.65. The van der Waals surface area contributed by atoms with Crippen LogP contribution >= 0.6 is 11.3 Å². The molecule has 1 fully saturated rings. The van der Waals surface area contributed by atoms with Crippen molar-refractivity contribution in [3.63, 3.8) is 0 Å². The van der Waals surface area contributed by atoms with E-state index in [2.05, 4.69) is 16.3 Å². The predicted octanol–water partition coefficient (Wildman–Crippen LogP) is 2.15. The van der Waals surface area contributed by atoms with Crippen LogP contribution in [0, 0.1) is 0 Å². The topological polar surface area (TPSA) is 89.4 Å². The molecule has 0 saturated heterocycles. The van der Waals surface area contributed by atoms with Crippen molar-refractivity contribution in [2.75, 3.05) is 10.6 Å². The molecule has 1 heterocycles. The van der Waals surface area contributed by atoms with Gasteiger partial charge in [-0.3, -0.25) is 0 Å². The van der Waals surface area contributed by atoms with Crippen molar-refractivity contribution in [3.8, 4) is 0 Å². The van der Waals surface area contributed by atoms with E-state index in [1.165, 1.54) is 11.6 Å². The largest absolute Gasteiger partial charge is 0.397 e. The van der Waals surface area contributed by atoms with E-state index in [-0.39, 0.29) is 4.90 Å². The van der Waals surface area contributed by atoms with Crippen molar-refractivity contribution in [2.45, 2.75) is 30.3 Å². The molecule has 0 spiro atoms. The number of hydrogen-bond acceptors (Lipinski definition) is 5. The van der Waals surface area contributed by atoms with Gasteiger partial charge in [-0.1, -0.05) is 0 Å². The van der Waals surface area contributed by atoms with Crippen LogP contribution in [0.1, 0.15) is 18.4 Å². The van der Waals surface area contributed by atoms with Gasteiger partial charge in [-0.05, 0) is 53.4 Å². The van der Waals surface area contributed by atoms with Crippen molar-refractivity contribution in [2.24, 2.45) is 5.14 Å². The first-order chi connectivity index (χ1) is 9.95. The maximum Gasteiger partial charge on any atom is 0.238 e. The van der Waals surface area contributed by atoms with Gasteiger partial charge in [0.05, 0.1) is 16.3 Å². The van der Waals surface area contributed by atoms with E-state index in [0.717, 1.165) is 25.1 Å². The van der Waals surface area contributed by atoms with Crippen LogP contribution in [0.3, 0.4) is 0 Å². The van der Waals surface area contributed by atoms with Crippen LogP contribution < -0.4 is 15.8 Å². The molecular weight excluding hydrogens is 306 g/mol. The number of nitrogens with zero attached hydrogens (tertiary/aromatic N) is 1. The lowest BCUT2D eigenvalue weighted by Gasteiger charge is -2.26. The Hall–Kier alpha value is -1.57. The Balaban J connectivity index is 1.99. The Kier molecular flexibility index (Phi) is 3.64. The van der Waals surface area contributed by atoms with Gasteiger partial charge in [-0.2, -0.15) is 11.3 Å². The lowest BCUT2D eigenvalue weighted by molar-refractivity contribution is 0.597. The highest BCUT2D eigenvalue weighted by Crippen LogP contribution is 2.37. The highest BCUT2D eigenvalue weighted by Gasteiger charge is 2.31. The van der Waals surface area contributed by atoms with Crippen molar-refractivity contribution in [3.05, 3.63) is 40.6 Å². The Morgan fingerprint density at radius 1 is 1.29 bits per heavy atom. The minimum absolute atomic E-state index is 0.0997. The summed E-state index contributed by atoms with van der Waals surface area (Å²) in [6, 6.07) is 7.12. The zero-order chi connectivity index (χ0) is 15.0. The Morgan fingerprint density at radius 2 is 2.05 bits per heavy atom. The normalized spacial score (nSPS) is 15.1. The van der Waals surface area contributed by atoms with Crippen LogP contribution in [0.5, 0.6) is 0 Å². The number of anilines is 2. The molecule has 0 unspecified atom stereocenters. The second-order valence-corrected chi connectivity index (χ2v) is 7.60. The van der Waals surface area contributed by atoms with Crippen molar-refractivity contribution in [1.82, 2.24) is 0 Å². The maximum absolute atomic E-state index is 11.5. The third-order valence-corrected chi connectivity index (χ3v) is 5.20. The van der Waals surface area contributed by atoms with E-state index in [4.69, 9.17) is 10.9 Å². The first kappa shape index (κ1) is 14.4. The maximum atomic E-state index is 11.5. The average Bonchev–Trinajstić information content (AvgIpc) is 3.13. The van der Waals surface area contributed by atoms with Crippen LogP contribution in [-0.2, 0) is 16.6 Å². The number of thiophene rings is 1. The van der Waals surface area contributed by atoms with Gasteiger partial charge in [0, 0.05) is 12.6 Å². The number of rotatable bonds is 5. The molecule has 0 atom stereocenters. The van der Waals surface area contributed by atoms with E-state index in [1.54, 1.807) is 23.5 Å². The summed E-state index contributed by atoms with van der Waals surface area (Å²) in [6.07, 6.45) is 2.20. The molecule has 0 radical (unpaired) electrons. The lowest BCUT2D eigenvalue weighted by atomic mass is 10.2. The second kappa shape index (κ2) is 5.32. The highest BCUT2D eigenvalue weighted by atomic mass is 32.2. The van der Waals surface area contributed by atoms with Gasteiger partial charge in [0.15, 0.2) is 0 Å². The minimum Gasteiger partial charge on any atom is -0.397 e. The lowest BCUT2D eigenvalue weighted by Crippen LogP contribution is -2.26. The SMILES string of the molecule is Nc1ccc(S(N)(=O)=O)cc1N(Cc1ccsc1)C1CC1. The zero-order valence-electron chi connectivity index (χ0n) is 11.4. The second-order valence-electron chi connectivity index (χ2n) is 5.26. The van der Waals surface area contributed by atoms with Crippen molar-refractivity contribution >= 4 is 32.7 Å². The smallest absolute Gasteiger partial charge is 0.238 e. The van der Waals surface area contributed by atoms with E-state index >= 15 is 0 Å². The Labute approximate surface area is 128 Å². The number of nitrogen functional groups attached to an aromatic ring is 1. The minimum atomic E-state index is -3.72. The fraction of sp³-hybridized carbons (Fsp3) is 0.286.